The van der Waals surface area contributed by atoms with Crippen LogP contribution in [-0.4, -0.2) is 29.7 Å². The van der Waals surface area contributed by atoms with Crippen molar-refractivity contribution in [1.29, 1.82) is 0 Å². The van der Waals surface area contributed by atoms with Crippen molar-refractivity contribution >= 4 is 5.69 Å². The third kappa shape index (κ3) is 4.97. The van der Waals surface area contributed by atoms with Crippen LogP contribution in [0.5, 0.6) is 0 Å². The molecule has 0 spiro atoms. The topological polar surface area (TPSA) is 42.1 Å². The van der Waals surface area contributed by atoms with E-state index in [1.165, 1.54) is 6.20 Å². The van der Waals surface area contributed by atoms with E-state index in [1.54, 1.807) is 24.1 Å². The van der Waals surface area contributed by atoms with Crippen molar-refractivity contribution in [3.63, 3.8) is 0 Å². The first-order valence-corrected chi connectivity index (χ1v) is 4.82. The van der Waals surface area contributed by atoms with Crippen LogP contribution in [0.2, 0.25) is 0 Å². The zero-order valence-electron chi connectivity index (χ0n) is 8.96. The van der Waals surface area contributed by atoms with Gasteiger partial charge in [0.2, 0.25) is 0 Å². The molecular formula is C10H14F3N3. The predicted molar refractivity (Wildman–Crippen MR) is 55.7 cm³/mol. The Morgan fingerprint density at radius 1 is 1.38 bits per heavy atom. The summed E-state index contributed by atoms with van der Waals surface area (Å²) in [5.41, 5.74) is 6.70. The standard InChI is InChI=1S/C10H14F3N3/c1-16(5-4-10(11,12)13)7-9-3-2-8(14)6-15-9/h2-3,6H,4-5,7,14H2,1H3. The van der Waals surface area contributed by atoms with Gasteiger partial charge in [-0.1, -0.05) is 0 Å². The fourth-order valence-corrected chi connectivity index (χ4v) is 1.20. The van der Waals surface area contributed by atoms with Gasteiger partial charge in [-0.25, -0.2) is 0 Å². The zero-order chi connectivity index (χ0) is 12.2. The SMILES string of the molecule is CN(CCC(F)(F)F)Cc1ccc(N)cn1. The summed E-state index contributed by atoms with van der Waals surface area (Å²) in [6.45, 7) is 0.353. The van der Waals surface area contributed by atoms with Crippen molar-refractivity contribution < 1.29 is 13.2 Å². The van der Waals surface area contributed by atoms with Crippen LogP contribution < -0.4 is 5.73 Å². The molecule has 0 amide bonds. The minimum atomic E-state index is -4.11. The van der Waals surface area contributed by atoms with Crippen LogP contribution in [0, 0.1) is 0 Å². The molecule has 2 N–H and O–H groups in total. The summed E-state index contributed by atoms with van der Waals surface area (Å²) in [6.07, 6.45) is -3.42. The van der Waals surface area contributed by atoms with Crippen LogP contribution >= 0.6 is 0 Å². The highest BCUT2D eigenvalue weighted by atomic mass is 19.4. The number of nitrogens with zero attached hydrogens (tertiary/aromatic N) is 2. The van der Waals surface area contributed by atoms with E-state index in [-0.39, 0.29) is 6.54 Å². The highest BCUT2D eigenvalue weighted by Crippen LogP contribution is 2.19. The Morgan fingerprint density at radius 2 is 2.06 bits per heavy atom. The minimum Gasteiger partial charge on any atom is -0.397 e. The van der Waals surface area contributed by atoms with Crippen LogP contribution in [0.3, 0.4) is 0 Å². The van der Waals surface area contributed by atoms with Gasteiger partial charge in [-0.15, -0.1) is 0 Å². The Kier molecular flexibility index (Phi) is 4.12. The molecule has 1 heterocycles. The molecule has 0 aliphatic carbocycles. The van der Waals surface area contributed by atoms with Gasteiger partial charge in [0.05, 0.1) is 24.0 Å². The van der Waals surface area contributed by atoms with E-state index < -0.39 is 12.6 Å². The molecule has 0 aliphatic rings. The van der Waals surface area contributed by atoms with E-state index in [0.29, 0.717) is 17.9 Å². The van der Waals surface area contributed by atoms with Crippen molar-refractivity contribution in [2.45, 2.75) is 19.1 Å². The van der Waals surface area contributed by atoms with Gasteiger partial charge in [-0.2, -0.15) is 13.2 Å². The average Bonchev–Trinajstić information content (AvgIpc) is 2.18. The first-order chi connectivity index (χ1) is 7.37. The molecule has 6 heteroatoms. The number of hydrogen-bond acceptors (Lipinski definition) is 3. The number of hydrogen-bond donors (Lipinski definition) is 1. The smallest absolute Gasteiger partial charge is 0.390 e. The van der Waals surface area contributed by atoms with E-state index >= 15 is 0 Å². The largest absolute Gasteiger partial charge is 0.397 e. The normalized spacial score (nSPS) is 12.1. The molecule has 0 saturated carbocycles. The highest BCUT2D eigenvalue weighted by Gasteiger charge is 2.27. The Labute approximate surface area is 92.1 Å². The summed E-state index contributed by atoms with van der Waals surface area (Å²) in [7, 11) is 1.63. The number of alkyl halides is 3. The number of pyridine rings is 1. The van der Waals surface area contributed by atoms with E-state index in [4.69, 9.17) is 5.73 Å². The van der Waals surface area contributed by atoms with Crippen LogP contribution in [0.4, 0.5) is 18.9 Å². The maximum absolute atomic E-state index is 11.9. The number of nitrogens with two attached hydrogens (primary N) is 1. The second-order valence-electron chi connectivity index (χ2n) is 3.69. The fourth-order valence-electron chi connectivity index (χ4n) is 1.20. The summed E-state index contributed by atoms with van der Waals surface area (Å²) in [4.78, 5) is 5.59. The van der Waals surface area contributed by atoms with Gasteiger partial charge in [0.25, 0.3) is 0 Å². The lowest BCUT2D eigenvalue weighted by molar-refractivity contribution is -0.137. The van der Waals surface area contributed by atoms with Crippen molar-refractivity contribution in [3.05, 3.63) is 24.0 Å². The van der Waals surface area contributed by atoms with Gasteiger partial charge < -0.3 is 10.6 Å². The summed E-state index contributed by atoms with van der Waals surface area (Å²) >= 11 is 0. The van der Waals surface area contributed by atoms with Crippen LogP contribution in [0.25, 0.3) is 0 Å². The molecule has 0 unspecified atom stereocenters. The average molecular weight is 233 g/mol. The molecule has 90 valence electrons. The van der Waals surface area contributed by atoms with Gasteiger partial charge in [0, 0.05) is 13.1 Å². The van der Waals surface area contributed by atoms with Crippen molar-refractivity contribution in [1.82, 2.24) is 9.88 Å². The van der Waals surface area contributed by atoms with Crippen LogP contribution in [0.15, 0.2) is 18.3 Å². The minimum absolute atomic E-state index is 0.0322. The molecule has 16 heavy (non-hydrogen) atoms. The summed E-state index contributed by atoms with van der Waals surface area (Å²) in [6, 6.07) is 3.39. The Hall–Kier alpha value is -1.30. The van der Waals surface area contributed by atoms with Crippen molar-refractivity contribution in [2.75, 3.05) is 19.3 Å². The van der Waals surface area contributed by atoms with E-state index in [9.17, 15) is 13.2 Å². The van der Waals surface area contributed by atoms with Crippen LogP contribution in [-0.2, 0) is 6.54 Å². The van der Waals surface area contributed by atoms with Crippen molar-refractivity contribution in [3.8, 4) is 0 Å². The molecule has 1 aromatic heterocycles. The predicted octanol–water partition coefficient (Wildman–Crippen LogP) is 2.05. The quantitative estimate of drug-likeness (QED) is 0.865. The van der Waals surface area contributed by atoms with Gasteiger partial charge in [0.15, 0.2) is 0 Å². The molecule has 0 atom stereocenters. The number of nitrogen functional groups attached to an aromatic ring is 1. The Bertz CT molecular complexity index is 321. The number of aromatic nitrogens is 1. The zero-order valence-corrected chi connectivity index (χ0v) is 8.96. The number of rotatable bonds is 4. The highest BCUT2D eigenvalue weighted by molar-refractivity contribution is 5.34. The molecule has 0 aliphatic heterocycles. The molecule has 0 radical (unpaired) electrons. The first kappa shape index (κ1) is 12.8. The van der Waals surface area contributed by atoms with Gasteiger partial charge in [0.1, 0.15) is 0 Å². The number of halogens is 3. The lowest BCUT2D eigenvalue weighted by Gasteiger charge is -2.17. The van der Waals surface area contributed by atoms with Crippen molar-refractivity contribution in [2.24, 2.45) is 0 Å². The summed E-state index contributed by atoms with van der Waals surface area (Å²) < 4.78 is 35.8. The molecular weight excluding hydrogens is 219 g/mol. The Balaban J connectivity index is 2.39. The molecule has 0 bridgehead atoms. The van der Waals surface area contributed by atoms with Crippen LogP contribution in [0.1, 0.15) is 12.1 Å². The first-order valence-electron chi connectivity index (χ1n) is 4.82. The third-order valence-electron chi connectivity index (χ3n) is 2.06. The molecule has 3 nitrogen and oxygen atoms in total. The lowest BCUT2D eigenvalue weighted by atomic mass is 10.3. The van der Waals surface area contributed by atoms with Gasteiger partial charge in [-0.05, 0) is 19.2 Å². The molecule has 0 fully saturated rings. The van der Waals surface area contributed by atoms with Gasteiger partial charge >= 0.3 is 6.18 Å². The van der Waals surface area contributed by atoms with E-state index in [2.05, 4.69) is 4.98 Å². The third-order valence-corrected chi connectivity index (χ3v) is 2.06. The molecule has 0 saturated heterocycles. The Morgan fingerprint density at radius 3 is 2.56 bits per heavy atom. The monoisotopic (exact) mass is 233 g/mol. The summed E-state index contributed by atoms with van der Waals surface area (Å²) in [5, 5.41) is 0. The van der Waals surface area contributed by atoms with E-state index in [0.717, 1.165) is 0 Å². The maximum atomic E-state index is 11.9. The second-order valence-corrected chi connectivity index (χ2v) is 3.69. The second kappa shape index (κ2) is 5.16. The number of anilines is 1. The van der Waals surface area contributed by atoms with E-state index in [1.807, 2.05) is 0 Å². The molecule has 0 aromatic carbocycles. The van der Waals surface area contributed by atoms with Gasteiger partial charge in [-0.3, -0.25) is 4.98 Å². The maximum Gasteiger partial charge on any atom is 0.390 e. The lowest BCUT2D eigenvalue weighted by Crippen LogP contribution is -2.24. The summed E-state index contributed by atoms with van der Waals surface area (Å²) in [5.74, 6) is 0. The fraction of sp³-hybridized carbons (Fsp3) is 0.500. The molecule has 1 rings (SSSR count). The molecule has 1 aromatic rings.